The lowest BCUT2D eigenvalue weighted by Gasteiger charge is -2.28. The molecule has 0 amide bonds. The molecule has 1 aromatic carbocycles. The van der Waals surface area contributed by atoms with E-state index in [0.717, 1.165) is 22.4 Å². The third-order valence-electron chi connectivity index (χ3n) is 4.62. The van der Waals surface area contributed by atoms with E-state index in [-0.39, 0.29) is 0 Å². The average molecular weight is 405 g/mol. The highest BCUT2D eigenvalue weighted by atomic mass is 35.5. The highest BCUT2D eigenvalue weighted by Crippen LogP contribution is 2.28. The fraction of sp³-hybridized carbons (Fsp3) is 0.250. The molecule has 1 aliphatic heterocycles. The smallest absolute Gasteiger partial charge is 0.294 e. The Morgan fingerprint density at radius 1 is 1.07 bits per heavy atom. The molecule has 3 heterocycles. The Morgan fingerprint density at radius 2 is 1.93 bits per heavy atom. The first kappa shape index (κ1) is 18.8. The van der Waals surface area contributed by atoms with Gasteiger partial charge in [-0.2, -0.15) is 13.2 Å². The number of rotatable bonds is 3. The summed E-state index contributed by atoms with van der Waals surface area (Å²) in [5.74, 6) is -1.07. The van der Waals surface area contributed by atoms with E-state index in [4.69, 9.17) is 11.6 Å². The number of alkyl halides is 3. The van der Waals surface area contributed by atoms with Crippen molar-refractivity contribution in [3.05, 3.63) is 76.5 Å². The second-order valence-corrected chi connectivity index (χ2v) is 7.12. The molecule has 2 aromatic heterocycles. The summed E-state index contributed by atoms with van der Waals surface area (Å²) in [5.41, 5.74) is 4.03. The number of hydrogen-bond donors (Lipinski definition) is 0. The molecule has 0 fully saturated rings. The van der Waals surface area contributed by atoms with Crippen LogP contribution in [0.2, 0.25) is 5.02 Å². The predicted octanol–water partition coefficient (Wildman–Crippen LogP) is 4.77. The van der Waals surface area contributed by atoms with E-state index in [9.17, 15) is 13.2 Å². The molecule has 1 aliphatic rings. The molecule has 0 N–H and O–H groups in total. The number of aromatic nitrogens is 3. The Hall–Kier alpha value is -2.51. The van der Waals surface area contributed by atoms with Crippen molar-refractivity contribution >= 4 is 11.6 Å². The van der Waals surface area contributed by atoms with E-state index in [0.29, 0.717) is 36.8 Å². The van der Waals surface area contributed by atoms with Gasteiger partial charge in [0.1, 0.15) is 0 Å². The van der Waals surface area contributed by atoms with Crippen molar-refractivity contribution in [2.75, 3.05) is 6.54 Å². The molecule has 0 atom stereocenters. The molecule has 0 bridgehead atoms. The van der Waals surface area contributed by atoms with Crippen LogP contribution in [-0.4, -0.2) is 26.4 Å². The van der Waals surface area contributed by atoms with Gasteiger partial charge in [0, 0.05) is 54.6 Å². The Bertz CT molecular complexity index is 989. The van der Waals surface area contributed by atoms with Gasteiger partial charge < -0.3 is 0 Å². The molecule has 28 heavy (non-hydrogen) atoms. The normalized spacial score (nSPS) is 14.7. The van der Waals surface area contributed by atoms with E-state index >= 15 is 0 Å². The lowest BCUT2D eigenvalue weighted by atomic mass is 10.1. The first-order valence-corrected chi connectivity index (χ1v) is 9.11. The van der Waals surface area contributed by atoms with Gasteiger partial charge in [-0.05, 0) is 23.8 Å². The van der Waals surface area contributed by atoms with Gasteiger partial charge in [0.25, 0.3) is 0 Å². The van der Waals surface area contributed by atoms with E-state index in [1.165, 1.54) is 6.20 Å². The topological polar surface area (TPSA) is 41.9 Å². The summed E-state index contributed by atoms with van der Waals surface area (Å²) in [7, 11) is 0. The van der Waals surface area contributed by atoms with Crippen LogP contribution >= 0.6 is 11.6 Å². The van der Waals surface area contributed by atoms with Crippen LogP contribution < -0.4 is 0 Å². The zero-order chi connectivity index (χ0) is 19.7. The molecule has 0 aliphatic carbocycles. The van der Waals surface area contributed by atoms with Crippen LogP contribution in [0.5, 0.6) is 0 Å². The highest BCUT2D eigenvalue weighted by molar-refractivity contribution is 6.30. The van der Waals surface area contributed by atoms with Crippen LogP contribution in [0.4, 0.5) is 13.2 Å². The highest BCUT2D eigenvalue weighted by Gasteiger charge is 2.35. The fourth-order valence-electron chi connectivity index (χ4n) is 3.24. The summed E-state index contributed by atoms with van der Waals surface area (Å²) >= 11 is 6.02. The van der Waals surface area contributed by atoms with Gasteiger partial charge in [0.2, 0.25) is 5.82 Å². The Balaban J connectivity index is 1.44. The molecule has 144 valence electrons. The van der Waals surface area contributed by atoms with Gasteiger partial charge in [0.15, 0.2) is 0 Å². The molecular weight excluding hydrogens is 389 g/mol. The van der Waals surface area contributed by atoms with E-state index < -0.39 is 12.0 Å². The van der Waals surface area contributed by atoms with Crippen molar-refractivity contribution in [1.82, 2.24) is 19.9 Å². The fourth-order valence-corrected chi connectivity index (χ4v) is 3.43. The maximum Gasteiger partial charge on any atom is 0.451 e. The van der Waals surface area contributed by atoms with Gasteiger partial charge in [-0.1, -0.05) is 29.8 Å². The summed E-state index contributed by atoms with van der Waals surface area (Å²) in [6, 6.07) is 11.4. The maximum absolute atomic E-state index is 12.7. The molecule has 0 spiro atoms. The van der Waals surface area contributed by atoms with Crippen molar-refractivity contribution in [1.29, 1.82) is 0 Å². The Labute approximate surface area is 165 Å². The summed E-state index contributed by atoms with van der Waals surface area (Å²) in [6.45, 7) is 1.81. The second kappa shape index (κ2) is 7.48. The van der Waals surface area contributed by atoms with Gasteiger partial charge in [0.05, 0.1) is 11.4 Å². The maximum atomic E-state index is 12.7. The van der Waals surface area contributed by atoms with Crippen molar-refractivity contribution in [3.63, 3.8) is 0 Å². The van der Waals surface area contributed by atoms with Gasteiger partial charge in [-0.3, -0.25) is 9.88 Å². The average Bonchev–Trinajstić information content (AvgIpc) is 2.67. The van der Waals surface area contributed by atoms with Crippen LogP contribution in [0.25, 0.3) is 11.3 Å². The minimum absolute atomic E-state index is 0.467. The predicted molar refractivity (Wildman–Crippen MR) is 99.5 cm³/mol. The molecule has 0 saturated carbocycles. The molecule has 0 unspecified atom stereocenters. The van der Waals surface area contributed by atoms with Gasteiger partial charge in [-0.25, -0.2) is 9.97 Å². The van der Waals surface area contributed by atoms with Crippen LogP contribution in [0.1, 0.15) is 22.6 Å². The third kappa shape index (κ3) is 4.15. The summed E-state index contributed by atoms with van der Waals surface area (Å²) in [4.78, 5) is 13.8. The number of benzene rings is 1. The van der Waals surface area contributed by atoms with Crippen molar-refractivity contribution in [2.45, 2.75) is 25.7 Å². The third-order valence-corrected chi connectivity index (χ3v) is 4.85. The molecule has 4 nitrogen and oxygen atoms in total. The number of pyridine rings is 1. The van der Waals surface area contributed by atoms with E-state index in [1.54, 1.807) is 0 Å². The van der Waals surface area contributed by atoms with Crippen molar-refractivity contribution in [3.8, 4) is 11.3 Å². The molecule has 0 radical (unpaired) electrons. The van der Waals surface area contributed by atoms with Crippen LogP contribution in [0.3, 0.4) is 0 Å². The number of nitrogens with zero attached hydrogens (tertiary/aromatic N) is 4. The number of hydrogen-bond acceptors (Lipinski definition) is 4. The summed E-state index contributed by atoms with van der Waals surface area (Å²) in [5, 5.41) is 0.659. The zero-order valence-corrected chi connectivity index (χ0v) is 15.5. The van der Waals surface area contributed by atoms with Crippen LogP contribution in [-0.2, 0) is 25.7 Å². The van der Waals surface area contributed by atoms with Gasteiger partial charge in [-0.15, -0.1) is 0 Å². The van der Waals surface area contributed by atoms with Gasteiger partial charge >= 0.3 is 6.18 Å². The Kier molecular flexibility index (Phi) is 5.03. The van der Waals surface area contributed by atoms with Crippen molar-refractivity contribution < 1.29 is 13.2 Å². The standard InChI is InChI=1S/C20H16ClF3N4/c21-16-3-1-2-14(8-16)17-5-4-13(9-25-17)11-28-7-6-18-15(12-28)10-26-19(27-18)20(22,23)24/h1-5,8-10H,6-7,11-12H2. The zero-order valence-electron chi connectivity index (χ0n) is 14.7. The molecular formula is C20H16ClF3N4. The monoisotopic (exact) mass is 404 g/mol. The lowest BCUT2D eigenvalue weighted by molar-refractivity contribution is -0.145. The minimum atomic E-state index is -4.51. The van der Waals surface area contributed by atoms with Crippen molar-refractivity contribution in [2.24, 2.45) is 0 Å². The second-order valence-electron chi connectivity index (χ2n) is 6.69. The van der Waals surface area contributed by atoms with E-state index in [1.807, 2.05) is 42.6 Å². The quantitative estimate of drug-likeness (QED) is 0.630. The number of fused-ring (bicyclic) bond motifs is 1. The molecule has 0 saturated heterocycles. The molecule has 4 rings (SSSR count). The summed E-state index contributed by atoms with van der Waals surface area (Å²) < 4.78 is 38.2. The largest absolute Gasteiger partial charge is 0.451 e. The SMILES string of the molecule is FC(F)(F)c1ncc2c(n1)CCN(Cc1ccc(-c3cccc(Cl)c3)nc1)C2. The lowest BCUT2D eigenvalue weighted by Crippen LogP contribution is -2.31. The van der Waals surface area contributed by atoms with Crippen LogP contribution in [0.15, 0.2) is 48.8 Å². The molecule has 8 heteroatoms. The summed E-state index contributed by atoms with van der Waals surface area (Å²) in [6.07, 6.45) is -0.940. The first-order valence-electron chi connectivity index (χ1n) is 8.74. The molecule has 3 aromatic rings. The minimum Gasteiger partial charge on any atom is -0.294 e. The van der Waals surface area contributed by atoms with Crippen LogP contribution in [0, 0.1) is 0 Å². The van der Waals surface area contributed by atoms with E-state index in [2.05, 4.69) is 19.9 Å². The first-order chi connectivity index (χ1) is 13.4. The number of halogens is 4. The Morgan fingerprint density at radius 3 is 2.64 bits per heavy atom.